The smallest absolute Gasteiger partial charge is 0.325 e. The Kier molecular flexibility index (Phi) is 3.32. The van der Waals surface area contributed by atoms with Crippen molar-refractivity contribution in [2.75, 3.05) is 13.7 Å². The lowest BCUT2D eigenvalue weighted by atomic mass is 10.2. The van der Waals surface area contributed by atoms with Gasteiger partial charge in [0, 0.05) is 17.1 Å². The lowest BCUT2D eigenvalue weighted by molar-refractivity contribution is -0.143. The van der Waals surface area contributed by atoms with Crippen LogP contribution in [0.25, 0.3) is 10.9 Å². The third-order valence-electron chi connectivity index (χ3n) is 2.58. The van der Waals surface area contributed by atoms with Crippen LogP contribution in [0.3, 0.4) is 0 Å². The highest BCUT2D eigenvalue weighted by atomic mass is 16.5. The van der Waals surface area contributed by atoms with Gasteiger partial charge in [-0.25, -0.2) is 0 Å². The molecule has 4 heteroatoms. The van der Waals surface area contributed by atoms with Gasteiger partial charge in [0.05, 0.1) is 13.7 Å². The van der Waals surface area contributed by atoms with E-state index in [1.165, 1.54) is 0 Å². The van der Waals surface area contributed by atoms with E-state index in [9.17, 15) is 4.79 Å². The zero-order chi connectivity index (χ0) is 12.3. The first kappa shape index (κ1) is 11.5. The molecule has 0 unspecified atom stereocenters. The molecule has 0 bridgehead atoms. The molecule has 0 aliphatic heterocycles. The number of carbonyl (C=O) groups is 1. The van der Waals surface area contributed by atoms with E-state index in [0.29, 0.717) is 6.61 Å². The zero-order valence-electron chi connectivity index (χ0n) is 9.97. The second kappa shape index (κ2) is 4.91. The number of aromatic nitrogens is 1. The summed E-state index contributed by atoms with van der Waals surface area (Å²) in [7, 11) is 1.64. The van der Waals surface area contributed by atoms with Crippen LogP contribution in [0, 0.1) is 0 Å². The van der Waals surface area contributed by atoms with Gasteiger partial charge in [0.2, 0.25) is 0 Å². The molecular weight excluding hydrogens is 218 g/mol. The maximum Gasteiger partial charge on any atom is 0.325 e. The minimum absolute atomic E-state index is 0.221. The Labute approximate surface area is 99.7 Å². The monoisotopic (exact) mass is 233 g/mol. The van der Waals surface area contributed by atoms with E-state index >= 15 is 0 Å². The average molecular weight is 233 g/mol. The van der Waals surface area contributed by atoms with Gasteiger partial charge in [0.15, 0.2) is 0 Å². The van der Waals surface area contributed by atoms with Crippen LogP contribution >= 0.6 is 0 Å². The molecule has 0 saturated carbocycles. The van der Waals surface area contributed by atoms with E-state index in [4.69, 9.17) is 9.47 Å². The molecule has 0 amide bonds. The molecule has 0 aliphatic rings. The third kappa shape index (κ3) is 2.41. The molecule has 1 aromatic heterocycles. The standard InChI is InChI=1S/C13H15NO3/c1-3-17-13(15)9-14-7-6-10-8-11(16-2)4-5-12(10)14/h4-8H,3,9H2,1-2H3. The van der Waals surface area contributed by atoms with E-state index in [-0.39, 0.29) is 12.5 Å². The summed E-state index contributed by atoms with van der Waals surface area (Å²) in [6.07, 6.45) is 1.88. The summed E-state index contributed by atoms with van der Waals surface area (Å²) < 4.78 is 11.9. The van der Waals surface area contributed by atoms with Crippen molar-refractivity contribution in [3.63, 3.8) is 0 Å². The summed E-state index contributed by atoms with van der Waals surface area (Å²) in [6.45, 7) is 2.45. The van der Waals surface area contributed by atoms with Crippen LogP contribution in [0.2, 0.25) is 0 Å². The van der Waals surface area contributed by atoms with Crippen molar-refractivity contribution in [1.82, 2.24) is 4.57 Å². The zero-order valence-corrected chi connectivity index (χ0v) is 9.97. The first-order chi connectivity index (χ1) is 8.24. The van der Waals surface area contributed by atoms with E-state index in [1.54, 1.807) is 14.0 Å². The molecule has 0 atom stereocenters. The van der Waals surface area contributed by atoms with Crippen molar-refractivity contribution in [1.29, 1.82) is 0 Å². The predicted octanol–water partition coefficient (Wildman–Crippen LogP) is 2.21. The molecular formula is C13H15NO3. The van der Waals surface area contributed by atoms with Crippen molar-refractivity contribution < 1.29 is 14.3 Å². The van der Waals surface area contributed by atoms with Gasteiger partial charge in [-0.1, -0.05) is 0 Å². The number of methoxy groups -OCH3 is 1. The van der Waals surface area contributed by atoms with Gasteiger partial charge in [0.1, 0.15) is 12.3 Å². The van der Waals surface area contributed by atoms with Gasteiger partial charge in [0.25, 0.3) is 0 Å². The van der Waals surface area contributed by atoms with Crippen LogP contribution in [0.4, 0.5) is 0 Å². The van der Waals surface area contributed by atoms with E-state index in [2.05, 4.69) is 0 Å². The Morgan fingerprint density at radius 3 is 2.88 bits per heavy atom. The van der Waals surface area contributed by atoms with E-state index in [0.717, 1.165) is 16.7 Å². The first-order valence-corrected chi connectivity index (χ1v) is 5.53. The molecule has 17 heavy (non-hydrogen) atoms. The molecule has 2 aromatic rings. The summed E-state index contributed by atoms with van der Waals surface area (Å²) in [4.78, 5) is 11.4. The molecule has 1 heterocycles. The summed E-state index contributed by atoms with van der Waals surface area (Å²) in [5.74, 6) is 0.590. The summed E-state index contributed by atoms with van der Waals surface area (Å²) in [6, 6.07) is 7.71. The molecule has 0 saturated heterocycles. The average Bonchev–Trinajstić information content (AvgIpc) is 2.72. The number of rotatable bonds is 4. The van der Waals surface area contributed by atoms with Crippen molar-refractivity contribution in [3.05, 3.63) is 30.5 Å². The van der Waals surface area contributed by atoms with Crippen molar-refractivity contribution >= 4 is 16.9 Å². The topological polar surface area (TPSA) is 40.5 Å². The van der Waals surface area contributed by atoms with Crippen LogP contribution in [0.5, 0.6) is 5.75 Å². The predicted molar refractivity (Wildman–Crippen MR) is 65.1 cm³/mol. The van der Waals surface area contributed by atoms with Gasteiger partial charge in [-0.05, 0) is 31.2 Å². The number of hydrogen-bond acceptors (Lipinski definition) is 3. The minimum atomic E-state index is -0.221. The molecule has 4 nitrogen and oxygen atoms in total. The Morgan fingerprint density at radius 2 is 2.18 bits per heavy atom. The molecule has 1 aromatic carbocycles. The maximum atomic E-state index is 11.4. The molecule has 0 spiro atoms. The molecule has 90 valence electrons. The van der Waals surface area contributed by atoms with Crippen molar-refractivity contribution in [2.24, 2.45) is 0 Å². The highest BCUT2D eigenvalue weighted by Crippen LogP contribution is 2.21. The van der Waals surface area contributed by atoms with Gasteiger partial charge < -0.3 is 14.0 Å². The van der Waals surface area contributed by atoms with Gasteiger partial charge in [-0.3, -0.25) is 4.79 Å². The van der Waals surface area contributed by atoms with Crippen LogP contribution in [0.15, 0.2) is 30.5 Å². The summed E-state index contributed by atoms with van der Waals surface area (Å²) >= 11 is 0. The second-order valence-corrected chi connectivity index (χ2v) is 3.67. The number of ether oxygens (including phenoxy) is 2. The Balaban J connectivity index is 2.27. The van der Waals surface area contributed by atoms with E-state index in [1.807, 2.05) is 35.0 Å². The van der Waals surface area contributed by atoms with Crippen LogP contribution in [-0.4, -0.2) is 24.3 Å². The highest BCUT2D eigenvalue weighted by Gasteiger charge is 2.07. The largest absolute Gasteiger partial charge is 0.497 e. The molecule has 2 rings (SSSR count). The lowest BCUT2D eigenvalue weighted by Crippen LogP contribution is -2.12. The molecule has 0 fully saturated rings. The number of nitrogens with zero attached hydrogens (tertiary/aromatic N) is 1. The summed E-state index contributed by atoms with van der Waals surface area (Å²) in [5.41, 5.74) is 0.999. The third-order valence-corrected chi connectivity index (χ3v) is 2.58. The number of benzene rings is 1. The minimum Gasteiger partial charge on any atom is -0.497 e. The Bertz CT molecular complexity index is 530. The number of carbonyl (C=O) groups excluding carboxylic acids is 1. The SMILES string of the molecule is CCOC(=O)Cn1ccc2cc(OC)ccc21. The fourth-order valence-electron chi connectivity index (χ4n) is 1.79. The van der Waals surface area contributed by atoms with Gasteiger partial charge in [-0.2, -0.15) is 0 Å². The van der Waals surface area contributed by atoms with Gasteiger partial charge >= 0.3 is 5.97 Å². The first-order valence-electron chi connectivity index (χ1n) is 5.53. The van der Waals surface area contributed by atoms with Crippen molar-refractivity contribution in [3.8, 4) is 5.75 Å². The number of esters is 1. The number of fused-ring (bicyclic) bond motifs is 1. The van der Waals surface area contributed by atoms with Crippen LogP contribution < -0.4 is 4.74 Å². The molecule has 0 aliphatic carbocycles. The summed E-state index contributed by atoms with van der Waals surface area (Å²) in [5, 5.41) is 1.05. The lowest BCUT2D eigenvalue weighted by Gasteiger charge is -2.05. The maximum absolute atomic E-state index is 11.4. The van der Waals surface area contributed by atoms with Crippen molar-refractivity contribution in [2.45, 2.75) is 13.5 Å². The number of hydrogen-bond donors (Lipinski definition) is 0. The normalized spacial score (nSPS) is 10.5. The van der Waals surface area contributed by atoms with E-state index < -0.39 is 0 Å². The quantitative estimate of drug-likeness (QED) is 0.760. The fourth-order valence-corrected chi connectivity index (χ4v) is 1.79. The Hall–Kier alpha value is -1.97. The Morgan fingerprint density at radius 1 is 1.35 bits per heavy atom. The molecule has 0 radical (unpaired) electrons. The molecule has 0 N–H and O–H groups in total. The van der Waals surface area contributed by atoms with Gasteiger partial charge in [-0.15, -0.1) is 0 Å². The van der Waals surface area contributed by atoms with Crippen LogP contribution in [-0.2, 0) is 16.1 Å². The highest BCUT2D eigenvalue weighted by molar-refractivity contribution is 5.83. The second-order valence-electron chi connectivity index (χ2n) is 3.67. The fraction of sp³-hybridized carbons (Fsp3) is 0.308. The van der Waals surface area contributed by atoms with Crippen LogP contribution in [0.1, 0.15) is 6.92 Å².